The van der Waals surface area contributed by atoms with Crippen molar-refractivity contribution in [3.05, 3.63) is 71.0 Å². The average Bonchev–Trinajstić information content (AvgIpc) is 2.90. The van der Waals surface area contributed by atoms with Gasteiger partial charge in [0.2, 0.25) is 5.91 Å². The molecule has 0 radical (unpaired) electrons. The van der Waals surface area contributed by atoms with Gasteiger partial charge in [0.1, 0.15) is 23.1 Å². The number of aliphatic imine (C=N–C) groups is 1. The molecule has 0 unspecified atom stereocenters. The average molecular weight is 401 g/mol. The molecule has 0 aliphatic carbocycles. The number of carbonyl (C=O) groups is 1. The summed E-state index contributed by atoms with van der Waals surface area (Å²) in [7, 11) is -3.74. The number of anilines is 1. The first kappa shape index (κ1) is 19.8. The molecule has 2 aromatic carbocycles. The van der Waals surface area contributed by atoms with E-state index in [1.54, 1.807) is 19.1 Å². The van der Waals surface area contributed by atoms with Crippen molar-refractivity contribution in [3.63, 3.8) is 0 Å². The molecule has 8 heteroatoms. The summed E-state index contributed by atoms with van der Waals surface area (Å²) in [5.41, 5.74) is 2.57. The first-order chi connectivity index (χ1) is 13.3. The highest BCUT2D eigenvalue weighted by molar-refractivity contribution is 8.00. The highest BCUT2D eigenvalue weighted by Gasteiger charge is 2.32. The molecule has 2 N–H and O–H groups in total. The van der Waals surface area contributed by atoms with Crippen LogP contribution in [0.25, 0.3) is 4.91 Å². The first-order valence-electron chi connectivity index (χ1n) is 8.73. The molecule has 0 spiro atoms. The van der Waals surface area contributed by atoms with Gasteiger partial charge in [-0.2, -0.15) is 0 Å². The number of amides is 1. The number of hydrogen-bond donors (Lipinski definition) is 2. The molecule has 3 rings (SSSR count). The smallest absolute Gasteiger partial charge is 0.264 e. The van der Waals surface area contributed by atoms with Gasteiger partial charge in [0.15, 0.2) is 0 Å². The van der Waals surface area contributed by atoms with Gasteiger partial charge in [-0.25, -0.2) is 12.8 Å². The zero-order valence-electron chi connectivity index (χ0n) is 15.5. The van der Waals surface area contributed by atoms with Crippen LogP contribution >= 0.6 is 0 Å². The fraction of sp³-hybridized carbons (Fsp3) is 0.200. The van der Waals surface area contributed by atoms with E-state index in [2.05, 4.69) is 15.0 Å². The molecule has 2 aromatic rings. The van der Waals surface area contributed by atoms with Gasteiger partial charge in [0.05, 0.1) is 0 Å². The van der Waals surface area contributed by atoms with E-state index < -0.39 is 21.7 Å². The zero-order chi connectivity index (χ0) is 20.3. The Bertz CT molecular complexity index is 1060. The molecule has 0 bridgehead atoms. The van der Waals surface area contributed by atoms with Gasteiger partial charge in [-0.1, -0.05) is 31.2 Å². The van der Waals surface area contributed by atoms with Crippen LogP contribution in [0.5, 0.6) is 0 Å². The van der Waals surface area contributed by atoms with E-state index in [0.717, 1.165) is 12.0 Å². The van der Waals surface area contributed by atoms with Gasteiger partial charge < -0.3 is 5.32 Å². The predicted molar refractivity (Wildman–Crippen MR) is 108 cm³/mol. The van der Waals surface area contributed by atoms with Gasteiger partial charge in [0.25, 0.3) is 10.0 Å². The number of amidine groups is 1. The molecule has 146 valence electrons. The Labute approximate surface area is 163 Å². The molecular formula is C20H20FN3O3S. The second-order valence-corrected chi connectivity index (χ2v) is 7.95. The molecule has 0 atom stereocenters. The highest BCUT2D eigenvalue weighted by atomic mass is 32.2. The maximum Gasteiger partial charge on any atom is 0.264 e. The van der Waals surface area contributed by atoms with Crippen molar-refractivity contribution in [1.82, 2.24) is 4.72 Å². The molecule has 0 aromatic heterocycles. The summed E-state index contributed by atoms with van der Waals surface area (Å²) in [6.07, 6.45) is 0.860. The largest absolute Gasteiger partial charge is 0.324 e. The third-order valence-electron chi connectivity index (χ3n) is 4.33. The normalized spacial score (nSPS) is 16.9. The van der Waals surface area contributed by atoms with E-state index in [1.165, 1.54) is 24.3 Å². The van der Waals surface area contributed by atoms with Crippen molar-refractivity contribution >= 4 is 32.4 Å². The molecule has 0 saturated carbocycles. The molecule has 6 nitrogen and oxygen atoms in total. The Morgan fingerprint density at radius 3 is 2.36 bits per heavy atom. The van der Waals surface area contributed by atoms with Crippen LogP contribution in [0.2, 0.25) is 0 Å². The Hall–Kier alpha value is -3.00. The Kier molecular flexibility index (Phi) is 5.60. The highest BCUT2D eigenvalue weighted by Crippen LogP contribution is 2.30. The summed E-state index contributed by atoms with van der Waals surface area (Å²) < 4.78 is 40.3. The maximum absolute atomic E-state index is 12.9. The van der Waals surface area contributed by atoms with Crippen LogP contribution < -0.4 is 10.0 Å². The molecule has 1 aliphatic heterocycles. The third kappa shape index (κ3) is 4.28. The number of carbonyl (C=O) groups excluding carboxylic acids is 1. The topological polar surface area (TPSA) is 87.6 Å². The minimum Gasteiger partial charge on any atom is -0.324 e. The van der Waals surface area contributed by atoms with Crippen molar-refractivity contribution in [3.8, 4) is 0 Å². The molecule has 1 aliphatic rings. The molecule has 1 amide bonds. The molecule has 0 fully saturated rings. The number of hydrogen-bond acceptors (Lipinski definition) is 4. The summed E-state index contributed by atoms with van der Waals surface area (Å²) >= 11 is 0. The number of benzene rings is 2. The number of sulfonamides is 1. The van der Waals surface area contributed by atoms with Gasteiger partial charge in [-0.15, -0.1) is 0 Å². The second kappa shape index (κ2) is 7.93. The van der Waals surface area contributed by atoms with Gasteiger partial charge in [-0.3, -0.25) is 14.5 Å². The monoisotopic (exact) mass is 401 g/mol. The Morgan fingerprint density at radius 2 is 1.75 bits per heavy atom. The van der Waals surface area contributed by atoms with Crippen molar-refractivity contribution in [1.29, 1.82) is 0 Å². The Balaban J connectivity index is 1.79. The maximum atomic E-state index is 12.9. The van der Waals surface area contributed by atoms with E-state index in [0.29, 0.717) is 16.8 Å². The van der Waals surface area contributed by atoms with Crippen LogP contribution in [0.15, 0.2) is 59.1 Å². The van der Waals surface area contributed by atoms with Crippen LogP contribution in [0, 0.1) is 5.82 Å². The van der Waals surface area contributed by atoms with Crippen LogP contribution in [0.4, 0.5) is 10.1 Å². The summed E-state index contributed by atoms with van der Waals surface area (Å²) in [5.74, 6) is -0.699. The third-order valence-corrected chi connectivity index (χ3v) is 5.87. The molecule has 1 heterocycles. The summed E-state index contributed by atoms with van der Waals surface area (Å²) in [4.78, 5) is 16.3. The number of halogens is 1. The second-order valence-electron chi connectivity index (χ2n) is 6.33. The van der Waals surface area contributed by atoms with Gasteiger partial charge >= 0.3 is 0 Å². The SMILES string of the molecule is CCc1ccc(C2=C(C)C(=NCC(=O)Nc3ccc(F)cc3)NS2(=O)=O)cc1. The van der Waals surface area contributed by atoms with Crippen LogP contribution in [-0.2, 0) is 21.2 Å². The molecule has 28 heavy (non-hydrogen) atoms. The fourth-order valence-electron chi connectivity index (χ4n) is 2.86. The lowest BCUT2D eigenvalue weighted by Crippen LogP contribution is -2.25. The number of aryl methyl sites for hydroxylation is 1. The first-order valence-corrected chi connectivity index (χ1v) is 10.2. The lowest BCUT2D eigenvalue weighted by molar-refractivity contribution is -0.114. The van der Waals surface area contributed by atoms with Crippen molar-refractivity contribution in [2.24, 2.45) is 4.99 Å². The van der Waals surface area contributed by atoms with Crippen LogP contribution in [0.3, 0.4) is 0 Å². The standard InChI is InChI=1S/C20H20FN3O3S/c1-3-14-4-6-15(7-5-14)19-13(2)20(24-28(19,26)27)22-12-18(25)23-17-10-8-16(21)9-11-17/h4-11H,3,12H2,1-2H3,(H,22,24)(H,23,25). The summed E-state index contributed by atoms with van der Waals surface area (Å²) in [6.45, 7) is 3.40. The molecule has 0 saturated heterocycles. The van der Waals surface area contributed by atoms with Crippen LogP contribution in [0.1, 0.15) is 25.0 Å². The minimum absolute atomic E-state index is 0.142. The van der Waals surface area contributed by atoms with Crippen molar-refractivity contribution < 1.29 is 17.6 Å². The lowest BCUT2D eigenvalue weighted by atomic mass is 10.1. The van der Waals surface area contributed by atoms with E-state index in [9.17, 15) is 17.6 Å². The van der Waals surface area contributed by atoms with Gasteiger partial charge in [-0.05, 0) is 48.7 Å². The fourth-order valence-corrected chi connectivity index (χ4v) is 4.38. The van der Waals surface area contributed by atoms with E-state index >= 15 is 0 Å². The molecular weight excluding hydrogens is 381 g/mol. The summed E-state index contributed by atoms with van der Waals surface area (Å²) in [6, 6.07) is 12.6. The van der Waals surface area contributed by atoms with Crippen molar-refractivity contribution in [2.45, 2.75) is 20.3 Å². The van der Waals surface area contributed by atoms with Crippen LogP contribution in [-0.4, -0.2) is 26.7 Å². The zero-order valence-corrected chi connectivity index (χ0v) is 16.3. The van der Waals surface area contributed by atoms with E-state index in [4.69, 9.17) is 0 Å². The number of nitrogens with zero attached hydrogens (tertiary/aromatic N) is 1. The lowest BCUT2D eigenvalue weighted by Gasteiger charge is -2.04. The number of rotatable bonds is 5. The van der Waals surface area contributed by atoms with E-state index in [-0.39, 0.29) is 17.3 Å². The quantitative estimate of drug-likeness (QED) is 0.807. The van der Waals surface area contributed by atoms with Crippen molar-refractivity contribution in [2.75, 3.05) is 11.9 Å². The van der Waals surface area contributed by atoms with Gasteiger partial charge in [0, 0.05) is 11.3 Å². The summed E-state index contributed by atoms with van der Waals surface area (Å²) in [5, 5.41) is 2.58. The number of nitrogens with one attached hydrogen (secondary N) is 2. The predicted octanol–water partition coefficient (Wildman–Crippen LogP) is 3.09. The van der Waals surface area contributed by atoms with E-state index in [1.807, 2.05) is 19.1 Å². The Morgan fingerprint density at radius 1 is 1.11 bits per heavy atom. The minimum atomic E-state index is -3.74.